The molecule has 5 N–H and O–H groups in total. The van der Waals surface area contributed by atoms with Gasteiger partial charge in [-0.3, -0.25) is 33.7 Å². The summed E-state index contributed by atoms with van der Waals surface area (Å²) >= 11 is 3.34. The summed E-state index contributed by atoms with van der Waals surface area (Å²) in [6, 6.07) is 13.6. The van der Waals surface area contributed by atoms with Crippen molar-refractivity contribution in [2.24, 2.45) is 0 Å². The maximum atomic E-state index is 13.7. The van der Waals surface area contributed by atoms with Crippen LogP contribution < -0.4 is 21.3 Å². The molecule has 14 nitrogen and oxygen atoms in total. The fourth-order valence-electron chi connectivity index (χ4n) is 7.11. The average molecular weight is 839 g/mol. The van der Waals surface area contributed by atoms with Crippen molar-refractivity contribution in [2.75, 3.05) is 38.2 Å². The summed E-state index contributed by atoms with van der Waals surface area (Å²) in [5.74, 6) is -0.319. The van der Waals surface area contributed by atoms with Crippen LogP contribution in [0, 0.1) is 0 Å². The first-order chi connectivity index (χ1) is 28.0. The number of rotatable bonds is 24. The van der Waals surface area contributed by atoms with Crippen LogP contribution >= 0.6 is 23.5 Å². The van der Waals surface area contributed by atoms with Gasteiger partial charge in [0.2, 0.25) is 29.5 Å². The number of hydrogen-bond acceptors (Lipinski definition) is 10. The first kappa shape index (κ1) is 46.3. The number of carbonyl (C=O) groups excluding carboxylic acids is 6. The van der Waals surface area contributed by atoms with E-state index in [-0.39, 0.29) is 43.2 Å². The van der Waals surface area contributed by atoms with Gasteiger partial charge in [-0.05, 0) is 68.8 Å². The van der Waals surface area contributed by atoms with Crippen molar-refractivity contribution < 1.29 is 38.7 Å². The number of carbonyl (C=O) groups is 7. The molecule has 58 heavy (non-hydrogen) atoms. The SMILES string of the molecule is CC[C@H](NC(=O)[C@@H]1CCCN1C)C(=O)N[C@@H](CCC(=O)O)C(=O)N[C@@H](Cc1ccccc1)C(=O)NCCSCc1cccc(CSCCC(=O)N2CCC[C@H]2C=O)c1. The van der Waals surface area contributed by atoms with Crippen molar-refractivity contribution in [3.63, 3.8) is 0 Å². The Bertz CT molecular complexity index is 1700. The second-order valence-corrected chi connectivity index (χ2v) is 17.0. The Morgan fingerprint density at radius 1 is 0.793 bits per heavy atom. The molecule has 2 aliphatic heterocycles. The summed E-state index contributed by atoms with van der Waals surface area (Å²) in [4.78, 5) is 92.4. The molecule has 5 amide bonds. The molecule has 2 aliphatic rings. The molecule has 0 aromatic heterocycles. The largest absolute Gasteiger partial charge is 0.481 e. The third kappa shape index (κ3) is 15.1. The minimum absolute atomic E-state index is 0.0350. The molecule has 0 radical (unpaired) electrons. The molecule has 0 unspecified atom stereocenters. The monoisotopic (exact) mass is 838 g/mol. The summed E-state index contributed by atoms with van der Waals surface area (Å²) in [6.07, 6.45) is 4.28. The number of likely N-dealkylation sites (tertiary alicyclic amines) is 2. The van der Waals surface area contributed by atoms with Gasteiger partial charge in [-0.15, -0.1) is 0 Å². The number of carboxylic acid groups (broad SMARTS) is 1. The zero-order chi connectivity index (χ0) is 41.9. The second kappa shape index (κ2) is 24.5. The third-order valence-electron chi connectivity index (χ3n) is 10.4. The lowest BCUT2D eigenvalue weighted by Gasteiger charge is -2.26. The highest BCUT2D eigenvalue weighted by Gasteiger charge is 2.33. The summed E-state index contributed by atoms with van der Waals surface area (Å²) < 4.78 is 0. The molecule has 2 fully saturated rings. The lowest BCUT2D eigenvalue weighted by Crippen LogP contribution is -2.58. The predicted molar refractivity (Wildman–Crippen MR) is 226 cm³/mol. The normalized spacial score (nSPS) is 18.1. The Kier molecular flexibility index (Phi) is 19.5. The van der Waals surface area contributed by atoms with E-state index in [0.717, 1.165) is 60.3 Å². The summed E-state index contributed by atoms with van der Waals surface area (Å²) in [5.41, 5.74) is 3.09. The van der Waals surface area contributed by atoms with Crippen LogP contribution in [0.4, 0.5) is 0 Å². The molecular formula is C42H58N6O8S2. The number of aldehydes is 1. The topological polar surface area (TPSA) is 194 Å². The molecule has 2 saturated heterocycles. The van der Waals surface area contributed by atoms with E-state index in [2.05, 4.69) is 33.4 Å². The molecular weight excluding hydrogens is 781 g/mol. The van der Waals surface area contributed by atoms with Gasteiger partial charge in [0.1, 0.15) is 24.4 Å². The van der Waals surface area contributed by atoms with Crippen LogP contribution in [0.25, 0.3) is 0 Å². The van der Waals surface area contributed by atoms with E-state index in [9.17, 15) is 38.7 Å². The maximum absolute atomic E-state index is 13.7. The number of benzene rings is 2. The Labute approximate surface area is 349 Å². The molecule has 16 heteroatoms. The molecule has 0 spiro atoms. The van der Waals surface area contributed by atoms with Crippen LogP contribution in [-0.4, -0.2) is 125 Å². The van der Waals surface area contributed by atoms with Gasteiger partial charge in [-0.2, -0.15) is 23.5 Å². The number of aliphatic carboxylic acids is 1. The first-order valence-electron chi connectivity index (χ1n) is 20.1. The number of carboxylic acids is 1. The van der Waals surface area contributed by atoms with Crippen molar-refractivity contribution in [3.8, 4) is 0 Å². The number of nitrogens with zero attached hydrogens (tertiary/aromatic N) is 2. The maximum Gasteiger partial charge on any atom is 0.303 e. The number of likely N-dealkylation sites (N-methyl/N-ethyl adjacent to an activating group) is 1. The highest BCUT2D eigenvalue weighted by Crippen LogP contribution is 2.21. The molecule has 2 heterocycles. The minimum Gasteiger partial charge on any atom is -0.481 e. The second-order valence-electron chi connectivity index (χ2n) is 14.8. The van der Waals surface area contributed by atoms with Gasteiger partial charge in [-0.25, -0.2) is 0 Å². The fourth-order valence-corrected chi connectivity index (χ4v) is 8.79. The van der Waals surface area contributed by atoms with Gasteiger partial charge in [0.05, 0.1) is 12.1 Å². The zero-order valence-electron chi connectivity index (χ0n) is 33.5. The first-order valence-corrected chi connectivity index (χ1v) is 22.4. The van der Waals surface area contributed by atoms with Gasteiger partial charge in [0, 0.05) is 55.4 Å². The standard InChI is InChI=1S/C42H58N6O8S2/c1-3-33(44-42(56)36-15-9-20-47(36)2)40(54)45-34(16-17-38(51)52)41(55)46-35(25-29-10-5-4-6-11-29)39(53)43-19-23-58-28-31-13-7-12-30(24-31)27-57-22-18-37(50)48-21-8-14-32(48)26-49/h4-7,10-13,24,26,32-36H,3,8-9,14-23,25,27-28H2,1-2H3,(H,43,53)(H,44,56)(H,45,54)(H,46,55)(H,51,52)/t32-,33-,34-,35-,36-/m0/s1. The fraction of sp³-hybridized carbons (Fsp3) is 0.548. The van der Waals surface area contributed by atoms with Gasteiger partial charge >= 0.3 is 5.97 Å². The summed E-state index contributed by atoms with van der Waals surface area (Å²) in [6.45, 7) is 3.51. The molecule has 0 bridgehead atoms. The van der Waals surface area contributed by atoms with Crippen LogP contribution in [0.3, 0.4) is 0 Å². The van der Waals surface area contributed by atoms with Crippen LogP contribution in [-0.2, 0) is 51.5 Å². The minimum atomic E-state index is -1.26. The van der Waals surface area contributed by atoms with E-state index in [1.54, 1.807) is 35.3 Å². The number of nitrogens with one attached hydrogen (secondary N) is 4. The zero-order valence-corrected chi connectivity index (χ0v) is 35.1. The molecule has 0 saturated carbocycles. The van der Waals surface area contributed by atoms with E-state index >= 15 is 0 Å². The molecule has 5 atom stereocenters. The number of amides is 5. The lowest BCUT2D eigenvalue weighted by atomic mass is 10.0. The van der Waals surface area contributed by atoms with Crippen molar-refractivity contribution >= 4 is 65.3 Å². The lowest BCUT2D eigenvalue weighted by molar-refractivity contribution is -0.138. The third-order valence-corrected chi connectivity index (χ3v) is 12.4. The van der Waals surface area contributed by atoms with Crippen LogP contribution in [0.5, 0.6) is 0 Å². The Morgan fingerprint density at radius 2 is 1.45 bits per heavy atom. The van der Waals surface area contributed by atoms with E-state index < -0.39 is 48.2 Å². The highest BCUT2D eigenvalue weighted by molar-refractivity contribution is 7.98. The Morgan fingerprint density at radius 3 is 2.10 bits per heavy atom. The molecule has 316 valence electrons. The van der Waals surface area contributed by atoms with Crippen LogP contribution in [0.1, 0.15) is 75.0 Å². The van der Waals surface area contributed by atoms with Crippen molar-refractivity contribution in [1.29, 1.82) is 0 Å². The van der Waals surface area contributed by atoms with Crippen molar-refractivity contribution in [2.45, 2.75) is 106 Å². The van der Waals surface area contributed by atoms with E-state index in [4.69, 9.17) is 0 Å². The van der Waals surface area contributed by atoms with Crippen molar-refractivity contribution in [3.05, 3.63) is 71.3 Å². The Balaban J connectivity index is 1.27. The van der Waals surface area contributed by atoms with Crippen LogP contribution in [0.15, 0.2) is 54.6 Å². The average Bonchev–Trinajstić information content (AvgIpc) is 3.89. The van der Waals surface area contributed by atoms with Gasteiger partial charge in [0.15, 0.2) is 0 Å². The van der Waals surface area contributed by atoms with Crippen molar-refractivity contribution in [1.82, 2.24) is 31.1 Å². The Hall–Kier alpha value is -4.41. The molecule has 0 aliphatic carbocycles. The van der Waals surface area contributed by atoms with Gasteiger partial charge in [0.25, 0.3) is 0 Å². The van der Waals surface area contributed by atoms with E-state index in [1.165, 1.54) is 0 Å². The van der Waals surface area contributed by atoms with E-state index in [1.807, 2.05) is 54.4 Å². The molecule has 2 aromatic rings. The highest BCUT2D eigenvalue weighted by atomic mass is 32.2. The predicted octanol–water partition coefficient (Wildman–Crippen LogP) is 2.92. The molecule has 2 aromatic carbocycles. The summed E-state index contributed by atoms with van der Waals surface area (Å²) in [7, 11) is 1.85. The van der Waals surface area contributed by atoms with E-state index in [0.29, 0.717) is 37.4 Å². The van der Waals surface area contributed by atoms with Gasteiger partial charge in [-0.1, -0.05) is 61.5 Å². The summed E-state index contributed by atoms with van der Waals surface area (Å²) in [5, 5.41) is 20.5. The van der Waals surface area contributed by atoms with Crippen LogP contribution in [0.2, 0.25) is 0 Å². The smallest absolute Gasteiger partial charge is 0.303 e. The quantitative estimate of drug-likeness (QED) is 0.0772. The molecule has 4 rings (SSSR count). The number of thioether (sulfide) groups is 2. The van der Waals surface area contributed by atoms with Gasteiger partial charge < -0.3 is 36.1 Å². The number of hydrogen-bond donors (Lipinski definition) is 5.